The number of nitrogens with zero attached hydrogens (tertiary/aromatic N) is 4. The van der Waals surface area contributed by atoms with Crippen LogP contribution in [-0.4, -0.2) is 45.3 Å². The Labute approximate surface area is 123 Å². The zero-order chi connectivity index (χ0) is 14.3. The first-order chi connectivity index (χ1) is 10.4. The van der Waals surface area contributed by atoms with Gasteiger partial charge in [-0.3, -0.25) is 0 Å². The van der Waals surface area contributed by atoms with E-state index in [-0.39, 0.29) is 0 Å². The van der Waals surface area contributed by atoms with Crippen molar-refractivity contribution in [2.75, 3.05) is 30.4 Å². The van der Waals surface area contributed by atoms with Crippen LogP contribution in [0.5, 0.6) is 0 Å². The van der Waals surface area contributed by atoms with Crippen LogP contribution in [0.25, 0.3) is 0 Å². The molecule has 0 saturated carbocycles. The Hall–Kier alpha value is -2.15. The summed E-state index contributed by atoms with van der Waals surface area (Å²) in [6, 6.07) is 2.27. The van der Waals surface area contributed by atoms with Crippen LogP contribution in [0.2, 0.25) is 0 Å². The lowest BCUT2D eigenvalue weighted by molar-refractivity contribution is 0.0875. The van der Waals surface area contributed by atoms with Gasteiger partial charge in [-0.25, -0.2) is 15.0 Å². The quantitative estimate of drug-likeness (QED) is 0.836. The predicted molar refractivity (Wildman–Crippen MR) is 80.2 cm³/mol. The van der Waals surface area contributed by atoms with E-state index >= 15 is 0 Å². The van der Waals surface area contributed by atoms with Crippen LogP contribution in [0, 0.1) is 0 Å². The second kappa shape index (κ2) is 7.03. The number of ether oxygens (including phenoxy) is 1. The van der Waals surface area contributed by atoms with Crippen LogP contribution in [0.15, 0.2) is 31.1 Å². The number of hydrogen-bond donors (Lipinski definition) is 2. The van der Waals surface area contributed by atoms with Gasteiger partial charge in [-0.1, -0.05) is 0 Å². The molecule has 1 saturated heterocycles. The summed E-state index contributed by atoms with van der Waals surface area (Å²) >= 11 is 0. The van der Waals surface area contributed by atoms with E-state index in [4.69, 9.17) is 4.74 Å². The number of rotatable bonds is 6. The summed E-state index contributed by atoms with van der Waals surface area (Å²) in [5, 5.41) is 6.68. The minimum Gasteiger partial charge on any atom is -0.379 e. The molecule has 0 unspecified atom stereocenters. The predicted octanol–water partition coefficient (Wildman–Crippen LogP) is 1.38. The Morgan fingerprint density at radius 1 is 1.33 bits per heavy atom. The summed E-state index contributed by atoms with van der Waals surface area (Å²) < 4.78 is 7.48. The van der Waals surface area contributed by atoms with Crippen LogP contribution in [0.3, 0.4) is 0 Å². The van der Waals surface area contributed by atoms with E-state index in [9.17, 15) is 0 Å². The lowest BCUT2D eigenvalue weighted by atomic mass is 10.1. The molecule has 112 valence electrons. The highest BCUT2D eigenvalue weighted by Crippen LogP contribution is 2.14. The maximum atomic E-state index is 5.46. The van der Waals surface area contributed by atoms with Crippen LogP contribution >= 0.6 is 0 Å². The van der Waals surface area contributed by atoms with Crippen molar-refractivity contribution in [1.82, 2.24) is 19.5 Å². The minimum absolute atomic E-state index is 0.340. The molecule has 0 aliphatic carbocycles. The van der Waals surface area contributed by atoms with Gasteiger partial charge in [0, 0.05) is 38.2 Å². The van der Waals surface area contributed by atoms with Crippen molar-refractivity contribution in [1.29, 1.82) is 0 Å². The second-order valence-electron chi connectivity index (χ2n) is 5.07. The number of hydrogen-bond acceptors (Lipinski definition) is 6. The van der Waals surface area contributed by atoms with Crippen molar-refractivity contribution in [2.45, 2.75) is 25.4 Å². The zero-order valence-electron chi connectivity index (χ0n) is 11.9. The van der Waals surface area contributed by atoms with Gasteiger partial charge >= 0.3 is 0 Å². The van der Waals surface area contributed by atoms with Crippen LogP contribution in [0.4, 0.5) is 11.6 Å². The topological polar surface area (TPSA) is 76.9 Å². The molecule has 0 amide bonds. The highest BCUT2D eigenvalue weighted by Gasteiger charge is 2.14. The third-order valence-electron chi connectivity index (χ3n) is 3.41. The molecule has 3 heterocycles. The molecule has 1 aliphatic heterocycles. The van der Waals surface area contributed by atoms with Crippen molar-refractivity contribution in [2.24, 2.45) is 0 Å². The molecule has 1 atom stereocenters. The molecule has 2 aromatic rings. The van der Waals surface area contributed by atoms with E-state index in [0.717, 1.165) is 50.8 Å². The van der Waals surface area contributed by atoms with Crippen LogP contribution in [0.1, 0.15) is 12.8 Å². The fraction of sp³-hybridized carbons (Fsp3) is 0.500. The van der Waals surface area contributed by atoms with E-state index < -0.39 is 0 Å². The van der Waals surface area contributed by atoms with Gasteiger partial charge in [0.15, 0.2) is 0 Å². The van der Waals surface area contributed by atoms with Gasteiger partial charge in [0.05, 0.1) is 19.0 Å². The van der Waals surface area contributed by atoms with E-state index in [2.05, 4.69) is 25.6 Å². The van der Waals surface area contributed by atoms with E-state index in [1.807, 2.05) is 16.8 Å². The Kier molecular flexibility index (Phi) is 4.62. The monoisotopic (exact) mass is 288 g/mol. The number of aromatic nitrogens is 4. The van der Waals surface area contributed by atoms with E-state index in [1.54, 1.807) is 18.9 Å². The van der Waals surface area contributed by atoms with Crippen molar-refractivity contribution in [3.63, 3.8) is 0 Å². The fourth-order valence-electron chi connectivity index (χ4n) is 2.33. The van der Waals surface area contributed by atoms with E-state index in [1.165, 1.54) is 0 Å². The van der Waals surface area contributed by atoms with Gasteiger partial charge in [0.1, 0.15) is 18.0 Å². The molecule has 7 heteroatoms. The highest BCUT2D eigenvalue weighted by atomic mass is 16.5. The number of nitrogens with one attached hydrogen (secondary N) is 2. The molecule has 2 aromatic heterocycles. The summed E-state index contributed by atoms with van der Waals surface area (Å²) in [5.41, 5.74) is 0. The molecule has 0 spiro atoms. The van der Waals surface area contributed by atoms with Crippen molar-refractivity contribution < 1.29 is 4.74 Å². The highest BCUT2D eigenvalue weighted by molar-refractivity contribution is 5.46. The largest absolute Gasteiger partial charge is 0.379 e. The van der Waals surface area contributed by atoms with Gasteiger partial charge in [-0.2, -0.15) is 0 Å². The van der Waals surface area contributed by atoms with Gasteiger partial charge in [0.2, 0.25) is 0 Å². The summed E-state index contributed by atoms with van der Waals surface area (Å²) in [5.74, 6) is 1.66. The first-order valence-corrected chi connectivity index (χ1v) is 7.26. The summed E-state index contributed by atoms with van der Waals surface area (Å²) in [4.78, 5) is 12.5. The lowest BCUT2D eigenvalue weighted by Gasteiger charge is -2.23. The maximum absolute atomic E-state index is 5.46. The second-order valence-corrected chi connectivity index (χ2v) is 5.07. The van der Waals surface area contributed by atoms with E-state index in [0.29, 0.717) is 6.04 Å². The van der Waals surface area contributed by atoms with Gasteiger partial charge in [0.25, 0.3) is 0 Å². The van der Waals surface area contributed by atoms with Crippen molar-refractivity contribution in [3.8, 4) is 0 Å². The Balaban J connectivity index is 1.50. The minimum atomic E-state index is 0.340. The normalized spacial score (nSPS) is 18.4. The molecule has 2 N–H and O–H groups in total. The number of anilines is 2. The standard InChI is InChI=1S/C14H20N6O/c1-2-12(9-21-7-1)19-14-8-13(17-10-18-14)16-4-6-20-5-3-15-11-20/h3,5,8,10-12H,1-2,4,6-7,9H2,(H2,16,17,18,19)/t12-/m0/s1. The molecule has 3 rings (SSSR count). The Morgan fingerprint density at radius 3 is 3.10 bits per heavy atom. The lowest BCUT2D eigenvalue weighted by Crippen LogP contribution is -2.30. The zero-order valence-corrected chi connectivity index (χ0v) is 11.9. The third kappa shape index (κ3) is 4.16. The van der Waals surface area contributed by atoms with Crippen LogP contribution in [-0.2, 0) is 11.3 Å². The summed E-state index contributed by atoms with van der Waals surface area (Å²) in [6.45, 7) is 3.25. The smallest absolute Gasteiger partial charge is 0.131 e. The molecule has 0 bridgehead atoms. The first-order valence-electron chi connectivity index (χ1n) is 7.26. The molecule has 21 heavy (non-hydrogen) atoms. The average Bonchev–Trinajstić information content (AvgIpc) is 3.02. The Morgan fingerprint density at radius 2 is 2.29 bits per heavy atom. The maximum Gasteiger partial charge on any atom is 0.131 e. The molecule has 1 aliphatic rings. The van der Waals surface area contributed by atoms with Crippen LogP contribution < -0.4 is 10.6 Å². The van der Waals surface area contributed by atoms with Crippen molar-refractivity contribution >= 4 is 11.6 Å². The molecule has 0 aromatic carbocycles. The van der Waals surface area contributed by atoms with Crippen molar-refractivity contribution in [3.05, 3.63) is 31.1 Å². The summed E-state index contributed by atoms with van der Waals surface area (Å²) in [7, 11) is 0. The number of imidazole rings is 1. The van der Waals surface area contributed by atoms with Gasteiger partial charge < -0.3 is 19.9 Å². The molecular weight excluding hydrogens is 268 g/mol. The molecule has 7 nitrogen and oxygen atoms in total. The third-order valence-corrected chi connectivity index (χ3v) is 3.41. The SMILES string of the molecule is c1cn(CCNc2cc(N[C@H]3CCCOC3)ncn2)cn1. The molecule has 0 radical (unpaired) electrons. The van der Waals surface area contributed by atoms with Gasteiger partial charge in [-0.15, -0.1) is 0 Å². The Bertz CT molecular complexity index is 538. The van der Waals surface area contributed by atoms with Gasteiger partial charge in [-0.05, 0) is 12.8 Å². The molecular formula is C14H20N6O. The molecule has 1 fully saturated rings. The first kappa shape index (κ1) is 13.8. The average molecular weight is 288 g/mol. The fourth-order valence-corrected chi connectivity index (χ4v) is 2.33. The summed E-state index contributed by atoms with van der Waals surface area (Å²) in [6.07, 6.45) is 9.31.